The van der Waals surface area contributed by atoms with Crippen molar-refractivity contribution in [2.75, 3.05) is 29.5 Å². The average molecular weight is 421 g/mol. The smallest absolute Gasteiger partial charge is 0.271 e. The number of para-hydroxylation sites is 2. The second-order valence-corrected chi connectivity index (χ2v) is 8.32. The molecule has 0 aliphatic carbocycles. The Morgan fingerprint density at radius 2 is 1.93 bits per heavy atom. The van der Waals surface area contributed by atoms with E-state index in [2.05, 4.69) is 5.32 Å². The third-order valence-corrected chi connectivity index (χ3v) is 5.41. The van der Waals surface area contributed by atoms with Crippen molar-refractivity contribution in [2.24, 2.45) is 0 Å². The number of carbonyl (C=O) groups excluding carboxylic acids is 1. The Labute approximate surface area is 169 Å². The lowest BCUT2D eigenvalue weighted by Crippen LogP contribution is -2.31. The summed E-state index contributed by atoms with van der Waals surface area (Å²) in [4.78, 5) is 22.6. The normalized spacial score (nSPS) is 11.0. The second kappa shape index (κ2) is 9.37. The molecule has 0 bridgehead atoms. The first kappa shape index (κ1) is 22.2. The van der Waals surface area contributed by atoms with Crippen molar-refractivity contribution in [3.8, 4) is 5.75 Å². The first-order chi connectivity index (χ1) is 13.6. The fraction of sp³-hybridized carbons (Fsp3) is 0.316. The minimum Gasteiger partial charge on any atom is -0.495 e. The third kappa shape index (κ3) is 5.92. The molecular weight excluding hydrogens is 398 g/mol. The molecule has 0 heterocycles. The molecule has 9 nitrogen and oxygen atoms in total. The van der Waals surface area contributed by atoms with Crippen molar-refractivity contribution in [3.05, 3.63) is 58.1 Å². The molecule has 0 spiro atoms. The van der Waals surface area contributed by atoms with Gasteiger partial charge in [-0.2, -0.15) is 0 Å². The number of carbonyl (C=O) groups is 1. The Hall–Kier alpha value is -3.14. The first-order valence-electron chi connectivity index (χ1n) is 8.79. The van der Waals surface area contributed by atoms with Crippen LogP contribution in [-0.4, -0.2) is 39.2 Å². The van der Waals surface area contributed by atoms with Crippen molar-refractivity contribution >= 4 is 33.0 Å². The number of nitrogens with one attached hydrogen (secondary N) is 1. The van der Waals surface area contributed by atoms with Crippen LogP contribution in [0.2, 0.25) is 0 Å². The fourth-order valence-corrected chi connectivity index (χ4v) is 3.72. The van der Waals surface area contributed by atoms with Gasteiger partial charge in [-0.1, -0.05) is 18.2 Å². The molecule has 29 heavy (non-hydrogen) atoms. The van der Waals surface area contributed by atoms with Crippen molar-refractivity contribution in [2.45, 2.75) is 19.8 Å². The second-order valence-electron chi connectivity index (χ2n) is 6.42. The number of benzene rings is 2. The van der Waals surface area contributed by atoms with Gasteiger partial charge >= 0.3 is 0 Å². The van der Waals surface area contributed by atoms with E-state index < -0.39 is 14.9 Å². The van der Waals surface area contributed by atoms with Gasteiger partial charge in [0.15, 0.2) is 0 Å². The van der Waals surface area contributed by atoms with E-state index in [1.54, 1.807) is 37.3 Å². The molecule has 0 unspecified atom stereocenters. The van der Waals surface area contributed by atoms with Gasteiger partial charge in [0.25, 0.3) is 5.69 Å². The third-order valence-electron chi connectivity index (χ3n) is 4.23. The molecule has 0 radical (unpaired) electrons. The molecule has 10 heteroatoms. The van der Waals surface area contributed by atoms with Gasteiger partial charge in [-0.15, -0.1) is 0 Å². The number of amides is 1. The average Bonchev–Trinajstić information content (AvgIpc) is 2.66. The molecule has 0 atom stereocenters. The predicted octanol–water partition coefficient (Wildman–Crippen LogP) is 3.10. The number of nitro benzene ring substituents is 1. The summed E-state index contributed by atoms with van der Waals surface area (Å²) in [5, 5.41) is 13.5. The first-order valence-corrected chi connectivity index (χ1v) is 10.6. The number of rotatable bonds is 9. The number of nitro groups is 1. The Balaban J connectivity index is 2.06. The van der Waals surface area contributed by atoms with Gasteiger partial charge in [-0.05, 0) is 31.0 Å². The molecule has 1 N–H and O–H groups in total. The Morgan fingerprint density at radius 3 is 2.55 bits per heavy atom. The number of anilines is 2. The molecule has 1 amide bonds. The van der Waals surface area contributed by atoms with Crippen LogP contribution in [0.15, 0.2) is 42.5 Å². The highest BCUT2D eigenvalue weighted by Gasteiger charge is 2.21. The van der Waals surface area contributed by atoms with E-state index in [-0.39, 0.29) is 31.0 Å². The monoisotopic (exact) mass is 421 g/mol. The molecule has 0 saturated heterocycles. The maximum atomic E-state index is 12.3. The summed E-state index contributed by atoms with van der Waals surface area (Å²) in [5.41, 5.74) is 1.32. The number of hydrogen-bond donors (Lipinski definition) is 1. The Morgan fingerprint density at radius 1 is 1.24 bits per heavy atom. The lowest BCUT2D eigenvalue weighted by Gasteiger charge is -2.24. The summed E-state index contributed by atoms with van der Waals surface area (Å²) in [6, 6.07) is 10.9. The van der Waals surface area contributed by atoms with Crippen molar-refractivity contribution in [1.29, 1.82) is 0 Å². The lowest BCUT2D eigenvalue weighted by molar-refractivity contribution is -0.384. The molecule has 2 aromatic rings. The van der Waals surface area contributed by atoms with Crippen LogP contribution in [-0.2, 0) is 14.8 Å². The van der Waals surface area contributed by atoms with E-state index in [1.165, 1.54) is 23.5 Å². The summed E-state index contributed by atoms with van der Waals surface area (Å²) in [5.74, 6) is 0.0525. The van der Waals surface area contributed by atoms with Gasteiger partial charge in [-0.3, -0.25) is 19.2 Å². The summed E-state index contributed by atoms with van der Waals surface area (Å²) in [7, 11) is -2.13. The van der Waals surface area contributed by atoms with Crippen LogP contribution in [0, 0.1) is 17.0 Å². The van der Waals surface area contributed by atoms with Gasteiger partial charge in [-0.25, -0.2) is 8.42 Å². The van der Waals surface area contributed by atoms with Gasteiger partial charge in [0, 0.05) is 25.1 Å². The highest BCUT2D eigenvalue weighted by Crippen LogP contribution is 2.29. The number of aryl methyl sites for hydroxylation is 1. The standard InChI is InChI=1S/C19H23N3O6S/c1-14-10-11-15(22(24)25)13-16(14)20-19(23)9-6-12-21(29(3,26)27)17-7-4-5-8-18(17)28-2/h4-5,7-8,10-11,13H,6,9,12H2,1-3H3,(H,20,23). The Bertz CT molecular complexity index is 1010. The summed E-state index contributed by atoms with van der Waals surface area (Å²) in [6.07, 6.45) is 1.39. The predicted molar refractivity (Wildman–Crippen MR) is 111 cm³/mol. The lowest BCUT2D eigenvalue weighted by atomic mass is 10.1. The molecule has 0 aromatic heterocycles. The number of ether oxygens (including phenoxy) is 1. The Kier molecular flexibility index (Phi) is 7.16. The van der Waals surface area contributed by atoms with Crippen LogP contribution in [0.5, 0.6) is 5.75 Å². The zero-order valence-electron chi connectivity index (χ0n) is 16.4. The molecule has 0 aliphatic rings. The number of methoxy groups -OCH3 is 1. The van der Waals surface area contributed by atoms with Crippen LogP contribution >= 0.6 is 0 Å². The zero-order valence-corrected chi connectivity index (χ0v) is 17.2. The minimum atomic E-state index is -3.58. The van der Waals surface area contributed by atoms with Crippen LogP contribution in [0.1, 0.15) is 18.4 Å². The van der Waals surface area contributed by atoms with Gasteiger partial charge < -0.3 is 10.1 Å². The van der Waals surface area contributed by atoms with Gasteiger partial charge in [0.1, 0.15) is 5.75 Å². The minimum absolute atomic E-state index is 0.0449. The number of nitrogens with zero attached hydrogens (tertiary/aromatic N) is 2. The highest BCUT2D eigenvalue weighted by atomic mass is 32.2. The molecule has 2 aromatic carbocycles. The topological polar surface area (TPSA) is 119 Å². The molecule has 0 aliphatic heterocycles. The zero-order chi connectivity index (χ0) is 21.6. The fourth-order valence-electron chi connectivity index (χ4n) is 2.75. The van der Waals surface area contributed by atoms with Gasteiger partial charge in [0.05, 0.1) is 29.7 Å². The number of hydrogen-bond acceptors (Lipinski definition) is 6. The van der Waals surface area contributed by atoms with E-state index >= 15 is 0 Å². The largest absolute Gasteiger partial charge is 0.495 e. The summed E-state index contributed by atoms with van der Waals surface area (Å²) in [6.45, 7) is 1.81. The quantitative estimate of drug-likeness (QED) is 0.491. The number of sulfonamides is 1. The van der Waals surface area contributed by atoms with Gasteiger partial charge in [0.2, 0.25) is 15.9 Å². The molecule has 2 rings (SSSR count). The van der Waals surface area contributed by atoms with Crippen LogP contribution < -0.4 is 14.4 Å². The maximum absolute atomic E-state index is 12.3. The van der Waals surface area contributed by atoms with Crippen molar-refractivity contribution in [1.82, 2.24) is 0 Å². The van der Waals surface area contributed by atoms with Crippen LogP contribution in [0.25, 0.3) is 0 Å². The summed E-state index contributed by atoms with van der Waals surface area (Å²) < 4.78 is 30.9. The summed E-state index contributed by atoms with van der Waals surface area (Å²) >= 11 is 0. The van der Waals surface area contributed by atoms with E-state index in [1.807, 2.05) is 0 Å². The van der Waals surface area contributed by atoms with Crippen LogP contribution in [0.3, 0.4) is 0 Å². The SMILES string of the molecule is COc1ccccc1N(CCCC(=O)Nc1cc([N+](=O)[O-])ccc1C)S(C)(=O)=O. The maximum Gasteiger partial charge on any atom is 0.271 e. The number of non-ortho nitro benzene ring substituents is 1. The highest BCUT2D eigenvalue weighted by molar-refractivity contribution is 7.92. The van der Waals surface area contributed by atoms with E-state index in [0.29, 0.717) is 22.7 Å². The van der Waals surface area contributed by atoms with Crippen molar-refractivity contribution in [3.63, 3.8) is 0 Å². The van der Waals surface area contributed by atoms with Crippen molar-refractivity contribution < 1.29 is 22.9 Å². The molecule has 156 valence electrons. The van der Waals surface area contributed by atoms with Crippen LogP contribution in [0.4, 0.5) is 17.1 Å². The molecule has 0 saturated carbocycles. The molecular formula is C19H23N3O6S. The van der Waals surface area contributed by atoms with E-state index in [4.69, 9.17) is 4.74 Å². The van der Waals surface area contributed by atoms with E-state index in [9.17, 15) is 23.3 Å². The molecule has 0 fully saturated rings. The van der Waals surface area contributed by atoms with E-state index in [0.717, 1.165) is 6.26 Å².